The summed E-state index contributed by atoms with van der Waals surface area (Å²) in [5.74, 6) is -0.296. The molecule has 0 amide bonds. The maximum absolute atomic E-state index is 12.5. The predicted octanol–water partition coefficient (Wildman–Crippen LogP) is 6.25. The van der Waals surface area contributed by atoms with Crippen LogP contribution in [0.1, 0.15) is 43.7 Å². The van der Waals surface area contributed by atoms with Gasteiger partial charge in [-0.15, -0.1) is 0 Å². The van der Waals surface area contributed by atoms with Gasteiger partial charge in [-0.3, -0.25) is 0 Å². The Morgan fingerprint density at radius 3 is 1.39 bits per heavy atom. The van der Waals surface area contributed by atoms with Crippen LogP contribution in [0.4, 0.5) is 0 Å². The van der Waals surface area contributed by atoms with Crippen LogP contribution < -0.4 is 0 Å². The average molecular weight is 407 g/mol. The molecule has 4 aromatic carbocycles. The Hall–Kier alpha value is -3.65. The van der Waals surface area contributed by atoms with Crippen molar-refractivity contribution in [2.75, 3.05) is 7.11 Å². The van der Waals surface area contributed by atoms with E-state index in [2.05, 4.69) is 72.8 Å². The van der Waals surface area contributed by atoms with Crippen molar-refractivity contribution in [3.63, 3.8) is 0 Å². The Bertz CT molecular complexity index is 1070. The van der Waals surface area contributed by atoms with Crippen molar-refractivity contribution in [2.45, 2.75) is 19.3 Å². The van der Waals surface area contributed by atoms with E-state index in [4.69, 9.17) is 4.74 Å². The van der Waals surface area contributed by atoms with Gasteiger partial charge in [0.25, 0.3) is 0 Å². The van der Waals surface area contributed by atoms with Crippen LogP contribution >= 0.6 is 0 Å². The van der Waals surface area contributed by atoms with E-state index in [-0.39, 0.29) is 5.97 Å². The molecule has 154 valence electrons. The zero-order chi connectivity index (χ0) is 21.5. The molecule has 2 nitrogen and oxygen atoms in total. The fraction of sp³-hybridized carbons (Fsp3) is 0.138. The van der Waals surface area contributed by atoms with Gasteiger partial charge in [-0.25, -0.2) is 4.79 Å². The molecule has 0 aliphatic heterocycles. The molecule has 4 aromatic rings. The summed E-state index contributed by atoms with van der Waals surface area (Å²) in [5.41, 5.74) is 7.95. The van der Waals surface area contributed by atoms with Crippen LogP contribution in [-0.4, -0.2) is 13.1 Å². The number of hydrogen-bond acceptors (Lipinski definition) is 2. The van der Waals surface area contributed by atoms with Crippen LogP contribution in [0.25, 0.3) is 0 Å². The second-order valence-corrected chi connectivity index (χ2v) is 7.75. The maximum Gasteiger partial charge on any atom is 0.337 e. The maximum atomic E-state index is 12.5. The molecule has 0 aliphatic carbocycles. The Balaban J connectivity index is 1.84. The first-order valence-corrected chi connectivity index (χ1v) is 10.6. The molecule has 0 radical (unpaired) electrons. The molecule has 31 heavy (non-hydrogen) atoms. The molecule has 4 rings (SSSR count). The molecule has 0 aliphatic rings. The quantitative estimate of drug-likeness (QED) is 0.339. The van der Waals surface area contributed by atoms with Crippen LogP contribution in [0.15, 0.2) is 103 Å². The van der Waals surface area contributed by atoms with Crippen molar-refractivity contribution < 1.29 is 9.53 Å². The molecule has 0 spiro atoms. The van der Waals surface area contributed by atoms with Gasteiger partial charge < -0.3 is 4.74 Å². The molecule has 0 saturated carbocycles. The molecule has 0 fully saturated rings. The molecule has 0 heterocycles. The molecule has 2 heteroatoms. The van der Waals surface area contributed by atoms with Gasteiger partial charge in [-0.1, -0.05) is 91.0 Å². The van der Waals surface area contributed by atoms with E-state index < -0.39 is 0 Å². The highest BCUT2D eigenvalue weighted by Crippen LogP contribution is 2.27. The van der Waals surface area contributed by atoms with E-state index in [9.17, 15) is 4.79 Å². The third-order valence-corrected chi connectivity index (χ3v) is 5.55. The molecular weight excluding hydrogens is 380 g/mol. The summed E-state index contributed by atoms with van der Waals surface area (Å²) >= 11 is 0. The number of esters is 1. The molecule has 0 aromatic heterocycles. The average Bonchev–Trinajstić information content (AvgIpc) is 2.82. The van der Waals surface area contributed by atoms with Gasteiger partial charge in [0.05, 0.1) is 12.7 Å². The van der Waals surface area contributed by atoms with Gasteiger partial charge in [0.1, 0.15) is 0 Å². The number of carbonyl (C=O) groups excluding carboxylic acids is 1. The molecule has 0 atom stereocenters. The Labute approximate surface area is 184 Å². The van der Waals surface area contributed by atoms with Gasteiger partial charge in [-0.05, 0) is 64.8 Å². The molecule has 0 bridgehead atoms. The number of methoxy groups -OCH3 is 1. The largest absolute Gasteiger partial charge is 0.465 e. The molecule has 0 saturated heterocycles. The van der Waals surface area contributed by atoms with Crippen LogP contribution in [0.2, 0.25) is 0 Å². The van der Waals surface area contributed by atoms with Crippen molar-refractivity contribution in [1.82, 2.24) is 0 Å². The van der Waals surface area contributed by atoms with E-state index in [0.29, 0.717) is 5.56 Å². The first-order valence-electron chi connectivity index (χ1n) is 10.6. The van der Waals surface area contributed by atoms with Crippen molar-refractivity contribution >= 4 is 5.97 Å². The lowest BCUT2D eigenvalue weighted by atomic mass is 9.87. The molecule has 0 unspecified atom stereocenters. The van der Waals surface area contributed by atoms with E-state index >= 15 is 0 Å². The fourth-order valence-corrected chi connectivity index (χ4v) is 4.01. The smallest absolute Gasteiger partial charge is 0.337 e. The summed E-state index contributed by atoms with van der Waals surface area (Å²) in [5, 5.41) is 0. The normalized spacial score (nSPS) is 10.6. The van der Waals surface area contributed by atoms with Crippen LogP contribution in [0.3, 0.4) is 0 Å². The van der Waals surface area contributed by atoms with Crippen molar-refractivity contribution in [1.29, 1.82) is 0 Å². The zero-order valence-corrected chi connectivity index (χ0v) is 17.8. The Kier molecular flexibility index (Phi) is 6.59. The summed E-state index contributed by atoms with van der Waals surface area (Å²) in [6.45, 7) is 0. The lowest BCUT2D eigenvalue weighted by molar-refractivity contribution is 0.0600. The highest BCUT2D eigenvalue weighted by Gasteiger charge is 2.16. The minimum atomic E-state index is -0.296. The van der Waals surface area contributed by atoms with E-state index in [1.54, 1.807) is 0 Å². The SMILES string of the molecule is COC(=O)c1cc(Cc2ccccc2)c(Cc2ccccc2)c(Cc2ccccc2)c1. The van der Waals surface area contributed by atoms with Gasteiger partial charge in [0.15, 0.2) is 0 Å². The zero-order valence-electron chi connectivity index (χ0n) is 17.8. The Morgan fingerprint density at radius 2 is 1.00 bits per heavy atom. The second kappa shape index (κ2) is 9.90. The lowest BCUT2D eigenvalue weighted by Gasteiger charge is -2.18. The number of hydrogen-bond donors (Lipinski definition) is 0. The predicted molar refractivity (Wildman–Crippen MR) is 126 cm³/mol. The van der Waals surface area contributed by atoms with Gasteiger partial charge in [-0.2, -0.15) is 0 Å². The highest BCUT2D eigenvalue weighted by atomic mass is 16.5. The summed E-state index contributed by atoms with van der Waals surface area (Å²) < 4.78 is 5.07. The van der Waals surface area contributed by atoms with E-state index in [1.807, 2.05) is 30.3 Å². The number of ether oxygens (including phenoxy) is 1. The second-order valence-electron chi connectivity index (χ2n) is 7.75. The van der Waals surface area contributed by atoms with Crippen LogP contribution in [-0.2, 0) is 24.0 Å². The topological polar surface area (TPSA) is 26.3 Å². The summed E-state index contributed by atoms with van der Waals surface area (Å²) in [4.78, 5) is 12.5. The number of benzene rings is 4. The third-order valence-electron chi connectivity index (χ3n) is 5.55. The number of rotatable bonds is 7. The summed E-state index contributed by atoms with van der Waals surface area (Å²) in [6.07, 6.45) is 2.37. The fourth-order valence-electron chi connectivity index (χ4n) is 4.01. The lowest BCUT2D eigenvalue weighted by Crippen LogP contribution is -2.09. The van der Waals surface area contributed by atoms with Gasteiger partial charge in [0, 0.05) is 0 Å². The molecular formula is C29H26O2. The van der Waals surface area contributed by atoms with Crippen molar-refractivity contribution in [3.05, 3.63) is 142 Å². The van der Waals surface area contributed by atoms with Crippen molar-refractivity contribution in [3.8, 4) is 0 Å². The Morgan fingerprint density at radius 1 is 0.613 bits per heavy atom. The third kappa shape index (κ3) is 5.29. The van der Waals surface area contributed by atoms with E-state index in [1.165, 1.54) is 40.5 Å². The first-order chi connectivity index (χ1) is 15.2. The minimum absolute atomic E-state index is 0.296. The van der Waals surface area contributed by atoms with Gasteiger partial charge >= 0.3 is 5.97 Å². The van der Waals surface area contributed by atoms with E-state index in [0.717, 1.165) is 19.3 Å². The highest BCUT2D eigenvalue weighted by molar-refractivity contribution is 5.90. The number of carbonyl (C=O) groups is 1. The van der Waals surface area contributed by atoms with Crippen LogP contribution in [0.5, 0.6) is 0 Å². The summed E-state index contributed by atoms with van der Waals surface area (Å²) in [7, 11) is 1.44. The monoisotopic (exact) mass is 406 g/mol. The van der Waals surface area contributed by atoms with Gasteiger partial charge in [0.2, 0.25) is 0 Å². The molecule has 0 N–H and O–H groups in total. The minimum Gasteiger partial charge on any atom is -0.465 e. The van der Waals surface area contributed by atoms with Crippen LogP contribution in [0, 0.1) is 0 Å². The van der Waals surface area contributed by atoms with Crippen molar-refractivity contribution in [2.24, 2.45) is 0 Å². The first kappa shape index (κ1) is 20.6. The standard InChI is InChI=1S/C29H26O2/c1-31-29(30)27-20-25(17-22-11-5-2-6-12-22)28(19-24-15-9-4-10-16-24)26(21-27)18-23-13-7-3-8-14-23/h2-16,20-21H,17-19H2,1H3. The summed E-state index contributed by atoms with van der Waals surface area (Å²) in [6, 6.07) is 35.3.